The van der Waals surface area contributed by atoms with E-state index in [0.29, 0.717) is 50.2 Å². The summed E-state index contributed by atoms with van der Waals surface area (Å²) in [5.74, 6) is 1.72. The van der Waals surface area contributed by atoms with E-state index >= 15 is 0 Å². The second-order valence-corrected chi connectivity index (χ2v) is 6.32. The van der Waals surface area contributed by atoms with Gasteiger partial charge in [-0.25, -0.2) is 0 Å². The van der Waals surface area contributed by atoms with Crippen molar-refractivity contribution >= 4 is 12.0 Å². The van der Waals surface area contributed by atoms with Crippen molar-refractivity contribution in [1.29, 1.82) is 0 Å². The molecule has 2 aromatic carbocycles. The number of ether oxygens (including phenoxy) is 4. The van der Waals surface area contributed by atoms with Gasteiger partial charge in [-0.1, -0.05) is 30.3 Å². The lowest BCUT2D eigenvalue weighted by atomic mass is 10.1. The monoisotopic (exact) mass is 383 g/mol. The van der Waals surface area contributed by atoms with Gasteiger partial charge in [-0.15, -0.1) is 0 Å². The summed E-state index contributed by atoms with van der Waals surface area (Å²) in [7, 11) is 3.21. The van der Waals surface area contributed by atoms with Crippen molar-refractivity contribution in [1.82, 2.24) is 4.90 Å². The first-order chi connectivity index (χ1) is 13.7. The smallest absolute Gasteiger partial charge is 0.246 e. The Hall–Kier alpha value is -2.99. The molecule has 0 aliphatic carbocycles. The number of fused-ring (bicyclic) bond motifs is 1. The van der Waals surface area contributed by atoms with Crippen LogP contribution in [0, 0.1) is 0 Å². The number of amides is 1. The highest BCUT2D eigenvalue weighted by Gasteiger charge is 2.18. The van der Waals surface area contributed by atoms with Crippen LogP contribution in [0.3, 0.4) is 0 Å². The van der Waals surface area contributed by atoms with Gasteiger partial charge in [0, 0.05) is 26.3 Å². The van der Waals surface area contributed by atoms with Crippen LogP contribution >= 0.6 is 0 Å². The zero-order valence-corrected chi connectivity index (χ0v) is 16.2. The summed E-state index contributed by atoms with van der Waals surface area (Å²) in [6.07, 6.45) is 3.32. The molecule has 1 aliphatic heterocycles. The third kappa shape index (κ3) is 5.04. The Kier molecular flexibility index (Phi) is 6.92. The Morgan fingerprint density at radius 1 is 1.14 bits per heavy atom. The van der Waals surface area contributed by atoms with Crippen molar-refractivity contribution in [2.75, 3.05) is 40.6 Å². The molecule has 0 radical (unpaired) electrons. The maximum absolute atomic E-state index is 12.8. The van der Waals surface area contributed by atoms with Gasteiger partial charge in [0.15, 0.2) is 11.5 Å². The van der Waals surface area contributed by atoms with Gasteiger partial charge < -0.3 is 23.8 Å². The zero-order chi connectivity index (χ0) is 19.8. The maximum Gasteiger partial charge on any atom is 0.246 e. The van der Waals surface area contributed by atoms with E-state index in [9.17, 15) is 4.79 Å². The molecule has 0 spiro atoms. The fourth-order valence-electron chi connectivity index (χ4n) is 2.93. The first-order valence-electron chi connectivity index (χ1n) is 9.18. The van der Waals surface area contributed by atoms with Crippen LogP contribution in [0.2, 0.25) is 0 Å². The molecule has 28 heavy (non-hydrogen) atoms. The Bertz CT molecular complexity index is 802. The van der Waals surface area contributed by atoms with Crippen molar-refractivity contribution in [3.05, 3.63) is 59.7 Å². The molecule has 0 bridgehead atoms. The van der Waals surface area contributed by atoms with Crippen LogP contribution in [-0.4, -0.2) is 51.4 Å². The topological polar surface area (TPSA) is 57.2 Å². The van der Waals surface area contributed by atoms with Gasteiger partial charge in [0.25, 0.3) is 0 Å². The number of hydrogen-bond acceptors (Lipinski definition) is 5. The number of carbonyl (C=O) groups excluding carboxylic acids is 1. The largest absolute Gasteiger partial charge is 0.493 e. The minimum atomic E-state index is -0.0882. The molecule has 148 valence electrons. The third-order valence-electron chi connectivity index (χ3n) is 4.36. The number of nitrogens with zero attached hydrogens (tertiary/aromatic N) is 1. The fourth-order valence-corrected chi connectivity index (χ4v) is 2.93. The molecule has 1 amide bonds. The molecule has 0 fully saturated rings. The molecular weight excluding hydrogens is 358 g/mol. The average molecular weight is 383 g/mol. The maximum atomic E-state index is 12.8. The normalized spacial score (nSPS) is 12.8. The SMILES string of the molecule is COCCN(Cc1ccccc1)C(=O)/C=C/c1cc(OC)c2c(c1)OCCO2. The number of hydrogen-bond donors (Lipinski definition) is 0. The van der Waals surface area contributed by atoms with E-state index in [-0.39, 0.29) is 5.91 Å². The number of carbonyl (C=O) groups is 1. The van der Waals surface area contributed by atoms with Crippen LogP contribution in [0.25, 0.3) is 6.08 Å². The van der Waals surface area contributed by atoms with Crippen molar-refractivity contribution in [2.45, 2.75) is 6.54 Å². The van der Waals surface area contributed by atoms with Crippen LogP contribution < -0.4 is 14.2 Å². The van der Waals surface area contributed by atoms with E-state index in [4.69, 9.17) is 18.9 Å². The molecule has 1 aliphatic rings. The van der Waals surface area contributed by atoms with E-state index in [0.717, 1.165) is 11.1 Å². The lowest BCUT2D eigenvalue weighted by Crippen LogP contribution is -2.32. The first kappa shape index (κ1) is 19.8. The average Bonchev–Trinajstić information content (AvgIpc) is 2.75. The van der Waals surface area contributed by atoms with Crippen LogP contribution in [0.5, 0.6) is 17.2 Å². The van der Waals surface area contributed by atoms with Crippen LogP contribution in [0.15, 0.2) is 48.5 Å². The molecule has 3 rings (SSSR count). The molecular formula is C22H25NO5. The number of rotatable bonds is 8. The molecule has 2 aromatic rings. The van der Waals surface area contributed by atoms with Crippen molar-refractivity contribution in [3.8, 4) is 17.2 Å². The van der Waals surface area contributed by atoms with Gasteiger partial charge in [-0.2, -0.15) is 0 Å². The fraction of sp³-hybridized carbons (Fsp3) is 0.318. The highest BCUT2D eigenvalue weighted by molar-refractivity contribution is 5.92. The zero-order valence-electron chi connectivity index (χ0n) is 16.2. The summed E-state index contributed by atoms with van der Waals surface area (Å²) in [4.78, 5) is 14.5. The molecule has 1 heterocycles. The van der Waals surface area contributed by atoms with Gasteiger partial charge in [-0.3, -0.25) is 4.79 Å². The van der Waals surface area contributed by atoms with Crippen molar-refractivity contribution in [3.63, 3.8) is 0 Å². The standard InChI is InChI=1S/C22H25NO5/c1-25-11-10-23(16-17-6-4-3-5-7-17)21(24)9-8-18-14-19(26-2)22-20(15-18)27-12-13-28-22/h3-9,14-15H,10-13,16H2,1-2H3/b9-8+. The quantitative estimate of drug-likeness (QED) is 0.656. The molecule has 0 saturated carbocycles. The molecule has 0 saturated heterocycles. The van der Waals surface area contributed by atoms with Gasteiger partial charge in [0.05, 0.1) is 13.7 Å². The van der Waals surface area contributed by atoms with E-state index in [1.54, 1.807) is 31.3 Å². The van der Waals surface area contributed by atoms with E-state index in [1.807, 2.05) is 42.5 Å². The van der Waals surface area contributed by atoms with Gasteiger partial charge >= 0.3 is 0 Å². The minimum Gasteiger partial charge on any atom is -0.493 e. The number of benzene rings is 2. The van der Waals surface area contributed by atoms with Crippen LogP contribution in [0.4, 0.5) is 0 Å². The van der Waals surface area contributed by atoms with Crippen LogP contribution in [-0.2, 0) is 16.1 Å². The Labute approximate surface area is 165 Å². The Morgan fingerprint density at radius 2 is 1.93 bits per heavy atom. The number of methoxy groups -OCH3 is 2. The summed E-state index contributed by atoms with van der Waals surface area (Å²) in [5, 5.41) is 0. The molecule has 0 N–H and O–H groups in total. The van der Waals surface area contributed by atoms with Gasteiger partial charge in [-0.05, 0) is 29.3 Å². The van der Waals surface area contributed by atoms with Gasteiger partial charge in [0.2, 0.25) is 11.7 Å². The molecule has 0 unspecified atom stereocenters. The summed E-state index contributed by atoms with van der Waals surface area (Å²) < 4.78 is 21.8. The second-order valence-electron chi connectivity index (χ2n) is 6.32. The van der Waals surface area contributed by atoms with E-state index < -0.39 is 0 Å². The van der Waals surface area contributed by atoms with E-state index in [2.05, 4.69) is 0 Å². The van der Waals surface area contributed by atoms with Crippen LogP contribution in [0.1, 0.15) is 11.1 Å². The second kappa shape index (κ2) is 9.80. The molecule has 6 heteroatoms. The highest BCUT2D eigenvalue weighted by Crippen LogP contribution is 2.40. The lowest BCUT2D eigenvalue weighted by molar-refractivity contribution is -0.127. The Morgan fingerprint density at radius 3 is 2.68 bits per heavy atom. The first-order valence-corrected chi connectivity index (χ1v) is 9.18. The molecule has 0 atom stereocenters. The van der Waals surface area contributed by atoms with Crippen molar-refractivity contribution in [2.24, 2.45) is 0 Å². The van der Waals surface area contributed by atoms with E-state index in [1.165, 1.54) is 0 Å². The highest BCUT2D eigenvalue weighted by atomic mass is 16.6. The predicted octanol–water partition coefficient (Wildman–Crippen LogP) is 3.15. The molecule has 0 aromatic heterocycles. The summed E-state index contributed by atoms with van der Waals surface area (Å²) in [6, 6.07) is 13.6. The predicted molar refractivity (Wildman–Crippen MR) is 107 cm³/mol. The van der Waals surface area contributed by atoms with Gasteiger partial charge in [0.1, 0.15) is 13.2 Å². The summed E-state index contributed by atoms with van der Waals surface area (Å²) in [6.45, 7) is 2.50. The molecule has 6 nitrogen and oxygen atoms in total. The lowest BCUT2D eigenvalue weighted by Gasteiger charge is -2.22. The summed E-state index contributed by atoms with van der Waals surface area (Å²) >= 11 is 0. The third-order valence-corrected chi connectivity index (χ3v) is 4.36. The Balaban J connectivity index is 1.76. The summed E-state index contributed by atoms with van der Waals surface area (Å²) in [5.41, 5.74) is 1.88. The minimum absolute atomic E-state index is 0.0882. The van der Waals surface area contributed by atoms with Crippen molar-refractivity contribution < 1.29 is 23.7 Å².